The molecule has 0 heterocycles. The van der Waals surface area contributed by atoms with Crippen LogP contribution in [-0.4, -0.2) is 56.2 Å². The fourth-order valence-electron chi connectivity index (χ4n) is 8.20. The molecule has 4 bridgehead atoms. The highest BCUT2D eigenvalue weighted by atomic mass is 16.5. The van der Waals surface area contributed by atoms with Gasteiger partial charge in [-0.25, -0.2) is 0 Å². The molecule has 1 aromatic carbocycles. The molecule has 0 saturated heterocycles. The topological polar surface area (TPSA) is 82.1 Å². The first-order valence-corrected chi connectivity index (χ1v) is 16.0. The second-order valence-electron chi connectivity index (χ2n) is 15.0. The summed E-state index contributed by atoms with van der Waals surface area (Å²) in [6.45, 7) is 10.4. The molecule has 1 aromatic rings. The van der Waals surface area contributed by atoms with E-state index in [-0.39, 0.29) is 44.1 Å². The first-order chi connectivity index (χ1) is 19.7. The van der Waals surface area contributed by atoms with Crippen LogP contribution in [-0.2, 0) is 35.2 Å². The van der Waals surface area contributed by atoms with Gasteiger partial charge in [-0.2, -0.15) is 0 Å². The maximum Gasteiger partial charge on any atom is 0.312 e. The molecule has 2 atom stereocenters. The minimum Gasteiger partial charge on any atom is -0.464 e. The van der Waals surface area contributed by atoms with Crippen molar-refractivity contribution in [2.24, 2.45) is 39.9 Å². The molecule has 5 rings (SSSR count). The van der Waals surface area contributed by atoms with Gasteiger partial charge in [0.15, 0.2) is 0 Å². The van der Waals surface area contributed by atoms with Gasteiger partial charge in [-0.3, -0.25) is 14.4 Å². The van der Waals surface area contributed by atoms with Crippen LogP contribution in [0.4, 0.5) is 0 Å². The number of rotatable bonds is 14. The Morgan fingerprint density at radius 3 is 1.93 bits per heavy atom. The zero-order chi connectivity index (χ0) is 30.7. The largest absolute Gasteiger partial charge is 0.464 e. The van der Waals surface area contributed by atoms with E-state index < -0.39 is 22.2 Å². The van der Waals surface area contributed by atoms with Crippen LogP contribution >= 0.6 is 0 Å². The SMILES string of the molecule is CCC(C)(CC(C)(CC(C)(C)C(=O)OCCN(C)C)C(=O)OCc1ccccc1)C(=O)OC1C2CC3CC(C2)CC1C3. The molecule has 234 valence electrons. The molecule has 4 aliphatic rings. The highest BCUT2D eigenvalue weighted by Gasteiger charge is 2.53. The summed E-state index contributed by atoms with van der Waals surface area (Å²) in [4.78, 5) is 43.1. The van der Waals surface area contributed by atoms with E-state index in [4.69, 9.17) is 14.2 Å². The van der Waals surface area contributed by atoms with Gasteiger partial charge in [-0.15, -0.1) is 0 Å². The van der Waals surface area contributed by atoms with Crippen LogP contribution < -0.4 is 0 Å². The maximum atomic E-state index is 14.0. The molecule has 0 amide bonds. The van der Waals surface area contributed by atoms with Gasteiger partial charge >= 0.3 is 17.9 Å². The zero-order valence-electron chi connectivity index (χ0n) is 26.9. The summed E-state index contributed by atoms with van der Waals surface area (Å²) in [6, 6.07) is 9.55. The van der Waals surface area contributed by atoms with Gasteiger partial charge in [0.1, 0.15) is 19.3 Å². The number of ether oxygens (including phenoxy) is 3. The molecule has 42 heavy (non-hydrogen) atoms. The van der Waals surface area contributed by atoms with Crippen LogP contribution in [0.15, 0.2) is 30.3 Å². The fourth-order valence-corrected chi connectivity index (χ4v) is 8.20. The van der Waals surface area contributed by atoms with E-state index in [2.05, 4.69) is 0 Å². The summed E-state index contributed by atoms with van der Waals surface area (Å²) in [5.41, 5.74) is -2.10. The summed E-state index contributed by atoms with van der Waals surface area (Å²) < 4.78 is 17.9. The number of carbonyl (C=O) groups is 3. The van der Waals surface area contributed by atoms with Crippen LogP contribution in [0.2, 0.25) is 0 Å². The number of carbonyl (C=O) groups excluding carboxylic acids is 3. The van der Waals surface area contributed by atoms with Gasteiger partial charge in [-0.05, 0) is 122 Å². The lowest BCUT2D eigenvalue weighted by molar-refractivity contribution is -0.185. The van der Waals surface area contributed by atoms with Gasteiger partial charge < -0.3 is 19.1 Å². The molecule has 2 unspecified atom stereocenters. The van der Waals surface area contributed by atoms with Gasteiger partial charge in [0.25, 0.3) is 0 Å². The number of nitrogens with zero attached hydrogens (tertiary/aromatic N) is 1. The van der Waals surface area contributed by atoms with Gasteiger partial charge in [-0.1, -0.05) is 37.3 Å². The Balaban J connectivity index is 1.52. The second-order valence-corrected chi connectivity index (χ2v) is 15.0. The van der Waals surface area contributed by atoms with Crippen molar-refractivity contribution in [3.63, 3.8) is 0 Å². The van der Waals surface area contributed by atoms with Crippen molar-refractivity contribution in [3.05, 3.63) is 35.9 Å². The van der Waals surface area contributed by atoms with E-state index in [0.29, 0.717) is 24.8 Å². The van der Waals surface area contributed by atoms with Crippen molar-refractivity contribution in [2.75, 3.05) is 27.2 Å². The van der Waals surface area contributed by atoms with Crippen molar-refractivity contribution in [3.8, 4) is 0 Å². The molecule has 0 spiro atoms. The van der Waals surface area contributed by atoms with Crippen LogP contribution in [0, 0.1) is 39.9 Å². The van der Waals surface area contributed by atoms with E-state index in [0.717, 1.165) is 17.4 Å². The van der Waals surface area contributed by atoms with Crippen LogP contribution in [0.5, 0.6) is 0 Å². The molecule has 4 fully saturated rings. The number of benzene rings is 1. The lowest BCUT2D eigenvalue weighted by atomic mass is 9.55. The fraction of sp³-hybridized carbons (Fsp3) is 0.743. The molecule has 4 aliphatic carbocycles. The van der Waals surface area contributed by atoms with Gasteiger partial charge in [0.2, 0.25) is 0 Å². The molecular weight excluding hydrogens is 530 g/mol. The molecule has 0 aromatic heterocycles. The summed E-state index contributed by atoms with van der Waals surface area (Å²) in [7, 11) is 3.85. The van der Waals surface area contributed by atoms with Crippen molar-refractivity contribution in [1.82, 2.24) is 4.90 Å². The predicted molar refractivity (Wildman–Crippen MR) is 162 cm³/mol. The standard InChI is InChI=1S/C35H53NO6/c1-8-34(4,32(39)42-29-27-17-25-16-26(19-27)20-28(29)18-25)23-35(5,31(38)41-21-24-12-10-9-11-13-24)22-33(2,3)30(37)40-15-14-36(6)7/h9-13,25-29H,8,14-23H2,1-7H3. The minimum absolute atomic E-state index is 0.0180. The Morgan fingerprint density at radius 2 is 1.38 bits per heavy atom. The van der Waals surface area contributed by atoms with Crippen molar-refractivity contribution in [1.29, 1.82) is 0 Å². The average Bonchev–Trinajstić information content (AvgIpc) is 2.93. The van der Waals surface area contributed by atoms with Crippen molar-refractivity contribution < 1.29 is 28.6 Å². The highest BCUT2D eigenvalue weighted by Crippen LogP contribution is 2.55. The summed E-state index contributed by atoms with van der Waals surface area (Å²) >= 11 is 0. The molecule has 7 heteroatoms. The van der Waals surface area contributed by atoms with Crippen LogP contribution in [0.1, 0.15) is 91.5 Å². The lowest BCUT2D eigenvalue weighted by Crippen LogP contribution is -2.52. The number of esters is 3. The monoisotopic (exact) mass is 583 g/mol. The Morgan fingerprint density at radius 1 is 0.786 bits per heavy atom. The minimum atomic E-state index is -1.12. The maximum absolute atomic E-state index is 14.0. The third-order valence-electron chi connectivity index (χ3n) is 10.3. The summed E-state index contributed by atoms with van der Waals surface area (Å²) in [6.07, 6.45) is 6.94. The van der Waals surface area contributed by atoms with E-state index >= 15 is 0 Å². The first kappa shape index (κ1) is 32.5. The average molecular weight is 584 g/mol. The molecule has 0 N–H and O–H groups in total. The van der Waals surface area contributed by atoms with E-state index in [9.17, 15) is 14.4 Å². The lowest BCUT2D eigenvalue weighted by Gasteiger charge is -2.54. The third-order valence-corrected chi connectivity index (χ3v) is 10.3. The Bertz CT molecular complexity index is 1070. The Kier molecular flexibility index (Phi) is 10.1. The van der Waals surface area contributed by atoms with E-state index in [1.54, 1.807) is 0 Å². The normalized spacial score (nSPS) is 27.7. The summed E-state index contributed by atoms with van der Waals surface area (Å²) in [5, 5.41) is 0. The Labute approximate surface area is 253 Å². The number of hydrogen-bond donors (Lipinski definition) is 0. The van der Waals surface area contributed by atoms with Gasteiger partial charge in [0.05, 0.1) is 16.2 Å². The predicted octanol–water partition coefficient (Wildman–Crippen LogP) is 6.43. The number of likely N-dealkylation sites (N-methyl/N-ethyl adjacent to an activating group) is 1. The Hall–Kier alpha value is -2.41. The molecule has 4 saturated carbocycles. The molecular formula is C35H53NO6. The zero-order valence-corrected chi connectivity index (χ0v) is 26.9. The smallest absolute Gasteiger partial charge is 0.312 e. The highest BCUT2D eigenvalue weighted by molar-refractivity contribution is 5.82. The summed E-state index contributed by atoms with van der Waals surface area (Å²) in [5.74, 6) is 1.51. The molecule has 0 radical (unpaired) electrons. The van der Waals surface area contributed by atoms with E-state index in [1.165, 1.54) is 32.1 Å². The van der Waals surface area contributed by atoms with Crippen LogP contribution in [0.3, 0.4) is 0 Å². The second kappa shape index (κ2) is 13.1. The number of hydrogen-bond acceptors (Lipinski definition) is 7. The van der Waals surface area contributed by atoms with Gasteiger partial charge in [0, 0.05) is 6.54 Å². The third kappa shape index (κ3) is 7.56. The molecule has 0 aliphatic heterocycles. The van der Waals surface area contributed by atoms with Crippen molar-refractivity contribution >= 4 is 17.9 Å². The quantitative estimate of drug-likeness (QED) is 0.184. The molecule has 7 nitrogen and oxygen atoms in total. The van der Waals surface area contributed by atoms with Crippen LogP contribution in [0.25, 0.3) is 0 Å². The first-order valence-electron chi connectivity index (χ1n) is 16.0. The van der Waals surface area contributed by atoms with E-state index in [1.807, 2.05) is 83.9 Å². The van der Waals surface area contributed by atoms with Crippen molar-refractivity contribution in [2.45, 2.75) is 98.7 Å².